The van der Waals surface area contributed by atoms with Gasteiger partial charge in [-0.15, -0.1) is 0 Å². The molecule has 0 aromatic heterocycles. The lowest BCUT2D eigenvalue weighted by molar-refractivity contribution is -0.122. The summed E-state index contributed by atoms with van der Waals surface area (Å²) in [5.41, 5.74) is 1.03. The maximum Gasteiger partial charge on any atom is 0.411 e. The van der Waals surface area contributed by atoms with Gasteiger partial charge in [0, 0.05) is 62.6 Å². The van der Waals surface area contributed by atoms with Crippen LogP contribution in [0.15, 0.2) is 54.6 Å². The molecule has 0 bridgehead atoms. The smallest absolute Gasteiger partial charge is 0.411 e. The fourth-order valence-corrected chi connectivity index (χ4v) is 6.21. The summed E-state index contributed by atoms with van der Waals surface area (Å²) in [5, 5.41) is 2.62. The van der Waals surface area contributed by atoms with Crippen LogP contribution in [0.4, 0.5) is 24.1 Å². The zero-order chi connectivity index (χ0) is 39.2. The van der Waals surface area contributed by atoms with Crippen molar-refractivity contribution in [2.75, 3.05) is 18.4 Å². The highest BCUT2D eigenvalue weighted by atomic mass is 19.2. The van der Waals surface area contributed by atoms with Crippen LogP contribution in [0.3, 0.4) is 0 Å². The minimum atomic E-state index is -1.05. The third-order valence-electron chi connectivity index (χ3n) is 9.04. The van der Waals surface area contributed by atoms with Gasteiger partial charge in [0.25, 0.3) is 5.91 Å². The van der Waals surface area contributed by atoms with Crippen LogP contribution in [0.1, 0.15) is 88.2 Å². The molecule has 3 aromatic carbocycles. The Bertz CT molecular complexity index is 1890. The zero-order valence-electron chi connectivity index (χ0n) is 31.0. The molecule has 1 N–H and O–H groups in total. The van der Waals surface area contributed by atoms with Crippen molar-refractivity contribution in [2.45, 2.75) is 97.6 Å². The number of rotatable bonds is 13. The molecule has 0 aliphatic carbocycles. The number of hydrogen-bond acceptors (Lipinski definition) is 9. The number of carbonyl (C=O) groups is 5. The van der Waals surface area contributed by atoms with Gasteiger partial charge in [-0.1, -0.05) is 19.1 Å². The number of Topliss-reactive ketones (excluding diaryl/α,β-unsaturated/α-hetero) is 2. The Morgan fingerprint density at radius 3 is 2.26 bits per heavy atom. The predicted octanol–water partition coefficient (Wildman–Crippen LogP) is 7.96. The summed E-state index contributed by atoms with van der Waals surface area (Å²) in [4.78, 5) is 67.6. The molecule has 1 saturated heterocycles. The van der Waals surface area contributed by atoms with Gasteiger partial charge in [0.1, 0.15) is 41.3 Å². The highest BCUT2D eigenvalue weighted by Gasteiger charge is 2.39. The number of fused-ring (bicyclic) bond motifs is 1. The van der Waals surface area contributed by atoms with Crippen molar-refractivity contribution in [3.63, 3.8) is 0 Å². The molecule has 1 atom stereocenters. The minimum Gasteiger partial charge on any atom is -0.489 e. The van der Waals surface area contributed by atoms with Gasteiger partial charge < -0.3 is 28.7 Å². The van der Waals surface area contributed by atoms with E-state index in [4.69, 9.17) is 18.9 Å². The van der Waals surface area contributed by atoms with Gasteiger partial charge in [-0.3, -0.25) is 19.7 Å². The monoisotopic (exact) mass is 749 g/mol. The lowest BCUT2D eigenvalue weighted by Gasteiger charge is -2.34. The van der Waals surface area contributed by atoms with Crippen LogP contribution in [0.25, 0.3) is 0 Å². The van der Waals surface area contributed by atoms with E-state index in [1.165, 1.54) is 42.2 Å². The van der Waals surface area contributed by atoms with E-state index in [-0.39, 0.29) is 60.7 Å². The summed E-state index contributed by atoms with van der Waals surface area (Å²) in [6.07, 6.45) is -0.00343. The quantitative estimate of drug-likeness (QED) is 0.184. The number of benzene rings is 3. The van der Waals surface area contributed by atoms with Crippen LogP contribution in [0.5, 0.6) is 17.2 Å². The highest BCUT2D eigenvalue weighted by molar-refractivity contribution is 6.03. The highest BCUT2D eigenvalue weighted by Crippen LogP contribution is 2.38. The molecule has 2 aliphatic heterocycles. The van der Waals surface area contributed by atoms with E-state index in [0.29, 0.717) is 54.9 Å². The summed E-state index contributed by atoms with van der Waals surface area (Å²) in [6, 6.07) is 11.9. The molecule has 1 fully saturated rings. The second kappa shape index (κ2) is 17.1. The molecule has 0 radical (unpaired) electrons. The van der Waals surface area contributed by atoms with Crippen molar-refractivity contribution >= 4 is 35.3 Å². The predicted molar refractivity (Wildman–Crippen MR) is 193 cm³/mol. The number of amides is 3. The number of piperidine rings is 1. The van der Waals surface area contributed by atoms with Crippen LogP contribution < -0.4 is 14.8 Å². The van der Waals surface area contributed by atoms with Crippen molar-refractivity contribution in [3.8, 4) is 17.2 Å². The number of nitrogens with zero attached hydrogens (tertiary/aromatic N) is 2. The Hall–Kier alpha value is -5.53. The molecule has 3 aromatic rings. The third kappa shape index (κ3) is 10.1. The normalized spacial score (nSPS) is 15.0. The second-order valence-electron chi connectivity index (χ2n) is 14.3. The molecule has 54 heavy (non-hydrogen) atoms. The molecule has 2 aliphatic rings. The maximum atomic E-state index is 14.1. The van der Waals surface area contributed by atoms with E-state index in [0.717, 1.165) is 12.1 Å². The van der Waals surface area contributed by atoms with Crippen molar-refractivity contribution in [2.24, 2.45) is 0 Å². The number of hydrogen-bond donors (Lipinski definition) is 1. The van der Waals surface area contributed by atoms with Gasteiger partial charge >= 0.3 is 12.2 Å². The molecule has 12 nitrogen and oxygen atoms in total. The van der Waals surface area contributed by atoms with Crippen LogP contribution in [0.2, 0.25) is 0 Å². The summed E-state index contributed by atoms with van der Waals surface area (Å²) in [5.74, 6) is -2.06. The second-order valence-corrected chi connectivity index (χ2v) is 14.3. The number of halogens is 2. The number of likely N-dealkylation sites (tertiary alicyclic amines) is 1. The Morgan fingerprint density at radius 2 is 1.63 bits per heavy atom. The number of ketones is 2. The number of carbonyl (C=O) groups excluding carboxylic acids is 5. The average molecular weight is 750 g/mol. The van der Waals surface area contributed by atoms with Crippen LogP contribution in [-0.4, -0.2) is 70.3 Å². The van der Waals surface area contributed by atoms with Gasteiger partial charge in [0.15, 0.2) is 17.4 Å². The van der Waals surface area contributed by atoms with Gasteiger partial charge in [0.05, 0.1) is 11.6 Å². The zero-order valence-corrected chi connectivity index (χ0v) is 31.0. The van der Waals surface area contributed by atoms with Gasteiger partial charge in [0.2, 0.25) is 0 Å². The lowest BCUT2D eigenvalue weighted by atomic mass is 10.0. The summed E-state index contributed by atoms with van der Waals surface area (Å²) in [6.45, 7) is 9.15. The van der Waals surface area contributed by atoms with Gasteiger partial charge in [-0.05, 0) is 76.1 Å². The molecular formula is C40H45F2N3O9. The minimum absolute atomic E-state index is 0.00386. The first kappa shape index (κ1) is 39.7. The topological polar surface area (TPSA) is 141 Å². The maximum absolute atomic E-state index is 14.1. The van der Waals surface area contributed by atoms with E-state index in [2.05, 4.69) is 5.32 Å². The number of ether oxygens (including phenoxy) is 4. The van der Waals surface area contributed by atoms with Crippen molar-refractivity contribution < 1.29 is 51.7 Å². The lowest BCUT2D eigenvalue weighted by Crippen LogP contribution is -2.44. The Kier molecular flexibility index (Phi) is 12.5. The molecule has 3 amide bonds. The van der Waals surface area contributed by atoms with Gasteiger partial charge in [-0.2, -0.15) is 0 Å². The number of nitrogens with one attached hydrogen (secondary N) is 1. The van der Waals surface area contributed by atoms with Crippen LogP contribution in [-0.2, 0) is 32.2 Å². The largest absolute Gasteiger partial charge is 0.489 e. The molecule has 0 spiro atoms. The summed E-state index contributed by atoms with van der Waals surface area (Å²) >= 11 is 0. The van der Waals surface area contributed by atoms with E-state index in [9.17, 15) is 32.8 Å². The Morgan fingerprint density at radius 1 is 0.944 bits per heavy atom. The van der Waals surface area contributed by atoms with Crippen molar-refractivity contribution in [1.82, 2.24) is 9.80 Å². The standard InChI is InChI=1S/C40H45F2N3O9/c1-6-28(47)11-16-34(24(2)46)45-22-25-7-8-26(36(35(25)37(45)48)53-30-17-19-44(20-18-30)39(50)54-40(3,4)5)23-51-38(49)43-27-9-12-29(13-10-27)52-31-14-15-32(41)33(42)21-31/h7-10,12-15,21,30,34H,6,11,16-20,22-23H2,1-5H3,(H,43,49). The van der Waals surface area contributed by atoms with E-state index >= 15 is 0 Å². The van der Waals surface area contributed by atoms with Crippen LogP contribution in [0, 0.1) is 11.6 Å². The average Bonchev–Trinajstić information content (AvgIpc) is 3.45. The molecule has 2 heterocycles. The van der Waals surface area contributed by atoms with E-state index in [1.807, 2.05) is 0 Å². The van der Waals surface area contributed by atoms with Crippen molar-refractivity contribution in [3.05, 3.63) is 82.9 Å². The Balaban J connectivity index is 1.30. The molecule has 288 valence electrons. The van der Waals surface area contributed by atoms with Crippen LogP contribution >= 0.6 is 0 Å². The molecule has 14 heteroatoms. The molecular weight excluding hydrogens is 704 g/mol. The van der Waals surface area contributed by atoms with E-state index in [1.54, 1.807) is 44.7 Å². The molecule has 5 rings (SSSR count). The summed E-state index contributed by atoms with van der Waals surface area (Å²) in [7, 11) is 0. The first-order chi connectivity index (χ1) is 25.6. The fraction of sp³-hybridized carbons (Fsp3) is 0.425. The number of anilines is 1. The summed E-state index contributed by atoms with van der Waals surface area (Å²) < 4.78 is 50.0. The third-order valence-corrected chi connectivity index (χ3v) is 9.04. The Labute approximate surface area is 312 Å². The first-order valence-corrected chi connectivity index (χ1v) is 17.9. The molecule has 1 unspecified atom stereocenters. The van der Waals surface area contributed by atoms with E-state index < -0.39 is 41.4 Å². The molecule has 0 saturated carbocycles. The SMILES string of the molecule is CCC(=O)CCC(C(C)=O)N1Cc2ccc(COC(=O)Nc3ccc(Oc4ccc(F)c(F)c4)cc3)c(OC3CCN(C(=O)OC(C)(C)C)CC3)c2C1=O. The fourth-order valence-electron chi connectivity index (χ4n) is 6.21. The van der Waals surface area contributed by atoms with Crippen molar-refractivity contribution in [1.29, 1.82) is 0 Å². The first-order valence-electron chi connectivity index (χ1n) is 17.9. The van der Waals surface area contributed by atoms with Gasteiger partial charge in [-0.25, -0.2) is 18.4 Å².